The van der Waals surface area contributed by atoms with E-state index in [-0.39, 0.29) is 59.0 Å². The van der Waals surface area contributed by atoms with Crippen molar-refractivity contribution in [3.8, 4) is 0 Å². The minimum absolute atomic E-state index is 0.00678. The van der Waals surface area contributed by atoms with Crippen molar-refractivity contribution in [3.63, 3.8) is 0 Å². The predicted molar refractivity (Wildman–Crippen MR) is 195 cm³/mol. The Morgan fingerprint density at radius 2 is 0.981 bits per heavy atom. The van der Waals surface area contributed by atoms with Crippen molar-refractivity contribution < 1.29 is 52.8 Å². The molecule has 16 heteroatoms. The highest BCUT2D eigenvalue weighted by Crippen LogP contribution is 2.26. The summed E-state index contributed by atoms with van der Waals surface area (Å²) in [5.41, 5.74) is 1.59. The zero-order valence-electron chi connectivity index (χ0n) is 31.4. The number of β-amino-alcohol motifs (C(OH)–C–C–N with tert-alkyl or cyclic N) is 1. The number of rotatable bonds is 14. The van der Waals surface area contributed by atoms with Gasteiger partial charge in [0.1, 0.15) is 19.3 Å². The maximum absolute atomic E-state index is 14.1. The van der Waals surface area contributed by atoms with Gasteiger partial charge in [0.05, 0.1) is 59.7 Å². The van der Waals surface area contributed by atoms with Gasteiger partial charge in [-0.25, -0.2) is 0 Å². The first-order valence-electron chi connectivity index (χ1n) is 18.0. The molecule has 0 radical (unpaired) electrons. The van der Waals surface area contributed by atoms with E-state index >= 15 is 0 Å². The lowest BCUT2D eigenvalue weighted by Gasteiger charge is -2.38. The standard InChI is InChI=1S/C38H53N5O11/c1-50-32(45)23-39-14-16-40(24-33(46)51-2)18-20-42(21-19-41(17-15-39)25-34(47)52-3)36-31(44)22-43(26-35(48)53-27-29-10-6-4-7-11-29)37(36)38(49)54-28-30-12-8-5-9-13-30/h4-13,31,36-37,44H,14-28H2,1-3H3/t31-,36+,37-/m0/s1. The minimum Gasteiger partial charge on any atom is -0.468 e. The Balaban J connectivity index is 1.61. The number of aliphatic hydroxyl groups is 1. The van der Waals surface area contributed by atoms with Gasteiger partial charge in [0.2, 0.25) is 0 Å². The topological polar surface area (TPSA) is 168 Å². The third-order valence-corrected chi connectivity index (χ3v) is 9.61. The fraction of sp³-hybridized carbons (Fsp3) is 0.553. The Morgan fingerprint density at radius 1 is 0.574 bits per heavy atom. The summed E-state index contributed by atoms with van der Waals surface area (Å²) < 4.78 is 26.2. The number of nitrogens with zero attached hydrogens (tertiary/aromatic N) is 5. The van der Waals surface area contributed by atoms with Gasteiger partial charge in [-0.1, -0.05) is 60.7 Å². The predicted octanol–water partition coefficient (Wildman–Crippen LogP) is -0.372. The van der Waals surface area contributed by atoms with Gasteiger partial charge in [-0.2, -0.15) is 0 Å². The van der Waals surface area contributed by atoms with Crippen LogP contribution in [0.15, 0.2) is 60.7 Å². The largest absolute Gasteiger partial charge is 0.468 e. The SMILES string of the molecule is COC(=O)CN1CCN(CC(=O)OC)CCN([C@H]2[C@@H](C(=O)OCc3ccccc3)N(CC(=O)OCc3ccccc3)C[C@@H]2O)CCN(CC(=O)OC)CC1. The fourth-order valence-corrected chi connectivity index (χ4v) is 6.61. The smallest absolute Gasteiger partial charge is 0.325 e. The van der Waals surface area contributed by atoms with Crippen molar-refractivity contribution in [2.75, 3.05) is 106 Å². The number of benzene rings is 2. The van der Waals surface area contributed by atoms with E-state index in [1.54, 1.807) is 4.90 Å². The molecule has 0 aliphatic carbocycles. The van der Waals surface area contributed by atoms with Crippen LogP contribution in [0.2, 0.25) is 0 Å². The van der Waals surface area contributed by atoms with Gasteiger partial charge in [0.25, 0.3) is 0 Å². The molecule has 2 heterocycles. The summed E-state index contributed by atoms with van der Waals surface area (Å²) in [6.07, 6.45) is -1.08. The molecule has 3 atom stereocenters. The number of carbonyl (C=O) groups is 5. The highest BCUT2D eigenvalue weighted by Gasteiger charge is 2.49. The van der Waals surface area contributed by atoms with Gasteiger partial charge in [-0.15, -0.1) is 0 Å². The molecule has 16 nitrogen and oxygen atoms in total. The normalized spacial score (nSPS) is 21.3. The molecule has 0 amide bonds. The van der Waals surface area contributed by atoms with Crippen molar-refractivity contribution in [2.45, 2.75) is 31.4 Å². The number of aliphatic hydroxyl groups excluding tert-OH is 1. The maximum Gasteiger partial charge on any atom is 0.325 e. The lowest BCUT2D eigenvalue weighted by atomic mass is 10.0. The molecular formula is C38H53N5O11. The molecule has 0 saturated carbocycles. The average Bonchev–Trinajstić information content (AvgIpc) is 3.50. The van der Waals surface area contributed by atoms with Crippen LogP contribution < -0.4 is 0 Å². The summed E-state index contributed by atoms with van der Waals surface area (Å²) in [5.74, 6) is -2.48. The molecule has 1 N–H and O–H groups in total. The van der Waals surface area contributed by atoms with Gasteiger partial charge in [0, 0.05) is 58.9 Å². The molecule has 2 fully saturated rings. The maximum atomic E-state index is 14.1. The Kier molecular flexibility index (Phi) is 17.3. The molecule has 0 unspecified atom stereocenters. The lowest BCUT2D eigenvalue weighted by Crippen LogP contribution is -2.57. The summed E-state index contributed by atoms with van der Waals surface area (Å²) in [6, 6.07) is 16.6. The van der Waals surface area contributed by atoms with E-state index in [1.807, 2.05) is 80.3 Å². The van der Waals surface area contributed by atoms with Gasteiger partial charge in [0.15, 0.2) is 0 Å². The van der Waals surface area contributed by atoms with Gasteiger partial charge < -0.3 is 28.8 Å². The van der Waals surface area contributed by atoms with Crippen LogP contribution in [-0.2, 0) is 60.9 Å². The molecule has 0 spiro atoms. The van der Waals surface area contributed by atoms with Crippen molar-refractivity contribution in [1.29, 1.82) is 0 Å². The highest BCUT2D eigenvalue weighted by molar-refractivity contribution is 5.79. The van der Waals surface area contributed by atoms with E-state index in [2.05, 4.69) is 0 Å². The van der Waals surface area contributed by atoms with E-state index in [0.29, 0.717) is 39.3 Å². The lowest BCUT2D eigenvalue weighted by molar-refractivity contribution is -0.155. The number of hydrogen-bond donors (Lipinski definition) is 1. The molecule has 2 aromatic rings. The highest BCUT2D eigenvalue weighted by atomic mass is 16.5. The fourth-order valence-electron chi connectivity index (χ4n) is 6.61. The second-order valence-corrected chi connectivity index (χ2v) is 13.3. The minimum atomic E-state index is -1.08. The molecule has 0 aromatic heterocycles. The number of likely N-dealkylation sites (tertiary alicyclic amines) is 1. The first-order chi connectivity index (χ1) is 26.1. The van der Waals surface area contributed by atoms with Crippen LogP contribution >= 0.6 is 0 Å². The molecule has 296 valence electrons. The zero-order chi connectivity index (χ0) is 38.9. The second-order valence-electron chi connectivity index (χ2n) is 13.3. The van der Waals surface area contributed by atoms with E-state index in [4.69, 9.17) is 23.7 Å². The Morgan fingerprint density at radius 3 is 1.41 bits per heavy atom. The molecule has 4 rings (SSSR count). The van der Waals surface area contributed by atoms with Crippen molar-refractivity contribution in [3.05, 3.63) is 71.8 Å². The van der Waals surface area contributed by atoms with Crippen LogP contribution in [0.1, 0.15) is 11.1 Å². The number of methoxy groups -OCH3 is 3. The average molecular weight is 756 g/mol. The quantitative estimate of drug-likeness (QED) is 0.196. The zero-order valence-corrected chi connectivity index (χ0v) is 31.4. The van der Waals surface area contributed by atoms with Crippen LogP contribution in [0.25, 0.3) is 0 Å². The Hall–Kier alpha value is -4.45. The summed E-state index contributed by atoms with van der Waals surface area (Å²) >= 11 is 0. The third kappa shape index (κ3) is 13.4. The van der Waals surface area contributed by atoms with Crippen molar-refractivity contribution >= 4 is 29.8 Å². The molecule has 2 aromatic carbocycles. The molecular weight excluding hydrogens is 702 g/mol. The molecule has 2 saturated heterocycles. The summed E-state index contributed by atoms with van der Waals surface area (Å²) in [4.78, 5) is 73.7. The number of hydrogen-bond acceptors (Lipinski definition) is 16. The first kappa shape index (κ1) is 42.3. The third-order valence-electron chi connectivity index (χ3n) is 9.61. The number of esters is 5. The molecule has 0 bridgehead atoms. The summed E-state index contributed by atoms with van der Waals surface area (Å²) in [7, 11) is 3.94. The Labute approximate surface area is 316 Å². The molecule has 54 heavy (non-hydrogen) atoms. The number of ether oxygens (including phenoxy) is 5. The second kappa shape index (κ2) is 22.1. The van der Waals surface area contributed by atoms with E-state index in [9.17, 15) is 29.1 Å². The summed E-state index contributed by atoms with van der Waals surface area (Å²) in [5, 5.41) is 11.7. The molecule has 2 aliphatic rings. The first-order valence-corrected chi connectivity index (χ1v) is 18.0. The van der Waals surface area contributed by atoms with Crippen LogP contribution in [-0.4, -0.2) is 184 Å². The monoisotopic (exact) mass is 755 g/mol. The van der Waals surface area contributed by atoms with Crippen LogP contribution in [0.5, 0.6) is 0 Å². The van der Waals surface area contributed by atoms with Crippen LogP contribution in [0, 0.1) is 0 Å². The van der Waals surface area contributed by atoms with E-state index in [1.165, 1.54) is 21.3 Å². The van der Waals surface area contributed by atoms with Gasteiger partial charge in [-0.3, -0.25) is 48.5 Å². The van der Waals surface area contributed by atoms with Crippen LogP contribution in [0.4, 0.5) is 0 Å². The summed E-state index contributed by atoms with van der Waals surface area (Å²) in [6.45, 7) is 2.53. The van der Waals surface area contributed by atoms with Crippen LogP contribution in [0.3, 0.4) is 0 Å². The van der Waals surface area contributed by atoms with E-state index in [0.717, 1.165) is 11.1 Å². The number of carbonyl (C=O) groups excluding carboxylic acids is 5. The Bertz CT molecular complexity index is 1470. The molecule has 2 aliphatic heterocycles. The van der Waals surface area contributed by atoms with E-state index < -0.39 is 48.0 Å². The van der Waals surface area contributed by atoms with Crippen molar-refractivity contribution in [1.82, 2.24) is 24.5 Å². The van der Waals surface area contributed by atoms with Gasteiger partial charge >= 0.3 is 29.8 Å². The van der Waals surface area contributed by atoms with Gasteiger partial charge in [-0.05, 0) is 11.1 Å². The van der Waals surface area contributed by atoms with Crippen molar-refractivity contribution in [2.24, 2.45) is 0 Å².